The monoisotopic (exact) mass is 255 g/mol. The van der Waals surface area contributed by atoms with E-state index in [1.165, 1.54) is 38.5 Å². The maximum Gasteiger partial charge on any atom is 0.303 e. The van der Waals surface area contributed by atoms with Crippen molar-refractivity contribution in [3.8, 4) is 0 Å². The third-order valence-corrected chi connectivity index (χ3v) is 4.22. The van der Waals surface area contributed by atoms with Crippen molar-refractivity contribution in [3.63, 3.8) is 0 Å². The van der Waals surface area contributed by atoms with Gasteiger partial charge in [-0.05, 0) is 38.6 Å². The maximum absolute atomic E-state index is 10.4. The lowest BCUT2D eigenvalue weighted by Crippen LogP contribution is -2.34. The molecule has 1 spiro atoms. The summed E-state index contributed by atoms with van der Waals surface area (Å²) in [6.07, 6.45) is 10.1. The van der Waals surface area contributed by atoms with E-state index in [9.17, 15) is 4.79 Å². The first-order valence-electron chi connectivity index (χ1n) is 7.31. The fourth-order valence-corrected chi connectivity index (χ4v) is 3.23. The van der Waals surface area contributed by atoms with E-state index in [0.717, 1.165) is 19.5 Å². The van der Waals surface area contributed by atoms with Crippen molar-refractivity contribution in [3.05, 3.63) is 0 Å². The summed E-state index contributed by atoms with van der Waals surface area (Å²) in [5.41, 5.74) is 0.200. The van der Waals surface area contributed by atoms with Gasteiger partial charge in [-0.25, -0.2) is 0 Å². The standard InChI is InChI=1S/C14H25NO3/c16-13(17)5-4-10-15-11-12-6-9-14(18-12)7-2-1-3-8-14/h12,15H,1-11H2,(H,16,17). The Morgan fingerprint density at radius 2 is 2.06 bits per heavy atom. The minimum absolute atomic E-state index is 0.200. The largest absolute Gasteiger partial charge is 0.481 e. The zero-order chi connectivity index (χ0) is 12.8. The topological polar surface area (TPSA) is 58.6 Å². The molecule has 4 heteroatoms. The lowest BCUT2D eigenvalue weighted by atomic mass is 9.83. The molecule has 1 atom stereocenters. The van der Waals surface area contributed by atoms with E-state index in [1.807, 2.05) is 0 Å². The Labute approximate surface area is 109 Å². The van der Waals surface area contributed by atoms with Crippen LogP contribution in [-0.2, 0) is 9.53 Å². The summed E-state index contributed by atoms with van der Waals surface area (Å²) >= 11 is 0. The second kappa shape index (κ2) is 6.53. The molecule has 0 aromatic heterocycles. The molecule has 1 saturated carbocycles. The first-order valence-corrected chi connectivity index (χ1v) is 7.31. The van der Waals surface area contributed by atoms with Gasteiger partial charge in [0.25, 0.3) is 0 Å². The molecule has 1 aliphatic carbocycles. The molecule has 0 aromatic rings. The number of nitrogens with one attached hydrogen (secondary N) is 1. The molecule has 18 heavy (non-hydrogen) atoms. The van der Waals surface area contributed by atoms with E-state index in [0.29, 0.717) is 12.5 Å². The summed E-state index contributed by atoms with van der Waals surface area (Å²) in [4.78, 5) is 10.4. The zero-order valence-corrected chi connectivity index (χ0v) is 11.1. The summed E-state index contributed by atoms with van der Waals surface area (Å²) in [7, 11) is 0. The quantitative estimate of drug-likeness (QED) is 0.715. The van der Waals surface area contributed by atoms with Crippen LogP contribution in [-0.4, -0.2) is 35.9 Å². The van der Waals surface area contributed by atoms with Crippen LogP contribution in [0.25, 0.3) is 0 Å². The Hall–Kier alpha value is -0.610. The Balaban J connectivity index is 1.59. The Morgan fingerprint density at radius 3 is 2.78 bits per heavy atom. The number of ether oxygens (including phenoxy) is 1. The minimum Gasteiger partial charge on any atom is -0.481 e. The van der Waals surface area contributed by atoms with Crippen molar-refractivity contribution in [2.45, 2.75) is 69.5 Å². The van der Waals surface area contributed by atoms with Crippen LogP contribution in [0.15, 0.2) is 0 Å². The molecule has 104 valence electrons. The average molecular weight is 255 g/mol. The number of aliphatic carboxylic acids is 1. The number of hydrogen-bond donors (Lipinski definition) is 2. The van der Waals surface area contributed by atoms with Gasteiger partial charge in [0.05, 0.1) is 11.7 Å². The van der Waals surface area contributed by atoms with Gasteiger partial charge in [0.1, 0.15) is 0 Å². The lowest BCUT2D eigenvalue weighted by Gasteiger charge is -2.33. The molecule has 4 nitrogen and oxygen atoms in total. The Bertz CT molecular complexity index is 274. The van der Waals surface area contributed by atoms with E-state index in [2.05, 4.69) is 5.32 Å². The van der Waals surface area contributed by atoms with Gasteiger partial charge in [-0.1, -0.05) is 19.3 Å². The van der Waals surface area contributed by atoms with Crippen LogP contribution in [0.1, 0.15) is 57.8 Å². The fraction of sp³-hybridized carbons (Fsp3) is 0.929. The van der Waals surface area contributed by atoms with Crippen molar-refractivity contribution in [1.82, 2.24) is 5.32 Å². The summed E-state index contributed by atoms with van der Waals surface area (Å²) in [6, 6.07) is 0. The van der Waals surface area contributed by atoms with Crippen LogP contribution in [0.5, 0.6) is 0 Å². The highest BCUT2D eigenvalue weighted by Gasteiger charge is 2.40. The minimum atomic E-state index is -0.713. The van der Waals surface area contributed by atoms with Crippen LogP contribution < -0.4 is 5.32 Å². The Morgan fingerprint density at radius 1 is 1.28 bits per heavy atom. The molecule has 0 amide bonds. The third-order valence-electron chi connectivity index (χ3n) is 4.22. The molecule has 2 N–H and O–H groups in total. The zero-order valence-electron chi connectivity index (χ0n) is 11.1. The molecule has 1 heterocycles. The van der Waals surface area contributed by atoms with Gasteiger partial charge < -0.3 is 15.2 Å². The van der Waals surface area contributed by atoms with Gasteiger partial charge >= 0.3 is 5.97 Å². The van der Waals surface area contributed by atoms with Gasteiger partial charge in [0.15, 0.2) is 0 Å². The van der Waals surface area contributed by atoms with Crippen LogP contribution >= 0.6 is 0 Å². The smallest absolute Gasteiger partial charge is 0.303 e. The van der Waals surface area contributed by atoms with Gasteiger partial charge in [0.2, 0.25) is 0 Å². The third kappa shape index (κ3) is 3.95. The first kappa shape index (κ1) is 13.8. The molecule has 0 radical (unpaired) electrons. The maximum atomic E-state index is 10.4. The van der Waals surface area contributed by atoms with Crippen molar-refractivity contribution < 1.29 is 14.6 Å². The van der Waals surface area contributed by atoms with Gasteiger partial charge in [0, 0.05) is 13.0 Å². The molecule has 2 aliphatic rings. The number of carboxylic acids is 1. The molecule has 1 unspecified atom stereocenters. The number of carbonyl (C=O) groups is 1. The molecular formula is C14H25NO3. The van der Waals surface area contributed by atoms with Crippen molar-refractivity contribution >= 4 is 5.97 Å². The summed E-state index contributed by atoms with van der Waals surface area (Å²) in [6.45, 7) is 1.65. The van der Waals surface area contributed by atoms with E-state index >= 15 is 0 Å². The molecule has 1 saturated heterocycles. The highest BCUT2D eigenvalue weighted by atomic mass is 16.5. The number of hydrogen-bond acceptors (Lipinski definition) is 3. The van der Waals surface area contributed by atoms with E-state index < -0.39 is 5.97 Å². The normalized spacial score (nSPS) is 26.6. The van der Waals surface area contributed by atoms with E-state index in [1.54, 1.807) is 0 Å². The summed E-state index contributed by atoms with van der Waals surface area (Å²) in [5.74, 6) is -0.713. The molecular weight excluding hydrogens is 230 g/mol. The SMILES string of the molecule is O=C(O)CCCNCC1CCC2(CCCCC2)O1. The number of rotatable bonds is 6. The Kier molecular flexibility index (Phi) is 5.01. The molecule has 2 fully saturated rings. The molecule has 2 rings (SSSR count). The van der Waals surface area contributed by atoms with Crippen molar-refractivity contribution in [2.24, 2.45) is 0 Å². The van der Waals surface area contributed by atoms with Crippen LogP contribution in [0.2, 0.25) is 0 Å². The summed E-state index contributed by atoms with van der Waals surface area (Å²) < 4.78 is 6.24. The van der Waals surface area contributed by atoms with Crippen LogP contribution in [0, 0.1) is 0 Å². The molecule has 0 aromatic carbocycles. The predicted octanol–water partition coefficient (Wildman–Crippen LogP) is 2.32. The highest BCUT2D eigenvalue weighted by molar-refractivity contribution is 5.66. The van der Waals surface area contributed by atoms with Crippen molar-refractivity contribution in [2.75, 3.05) is 13.1 Å². The lowest BCUT2D eigenvalue weighted by molar-refractivity contribution is -0.137. The predicted molar refractivity (Wildman–Crippen MR) is 69.7 cm³/mol. The fourth-order valence-electron chi connectivity index (χ4n) is 3.23. The van der Waals surface area contributed by atoms with Gasteiger partial charge in [-0.2, -0.15) is 0 Å². The number of carboxylic acid groups (broad SMARTS) is 1. The second-order valence-electron chi connectivity index (χ2n) is 5.72. The van der Waals surface area contributed by atoms with Gasteiger partial charge in [-0.3, -0.25) is 4.79 Å². The highest BCUT2D eigenvalue weighted by Crippen LogP contribution is 2.41. The summed E-state index contributed by atoms with van der Waals surface area (Å²) in [5, 5.41) is 11.9. The van der Waals surface area contributed by atoms with Crippen LogP contribution in [0.4, 0.5) is 0 Å². The van der Waals surface area contributed by atoms with Crippen LogP contribution in [0.3, 0.4) is 0 Å². The van der Waals surface area contributed by atoms with E-state index in [-0.39, 0.29) is 12.0 Å². The average Bonchev–Trinajstić information content (AvgIpc) is 2.72. The first-order chi connectivity index (χ1) is 8.70. The molecule has 0 bridgehead atoms. The molecule has 1 aliphatic heterocycles. The van der Waals surface area contributed by atoms with E-state index in [4.69, 9.17) is 9.84 Å². The van der Waals surface area contributed by atoms with Gasteiger partial charge in [-0.15, -0.1) is 0 Å². The van der Waals surface area contributed by atoms with Crippen molar-refractivity contribution in [1.29, 1.82) is 0 Å². The second-order valence-corrected chi connectivity index (χ2v) is 5.72.